The highest BCUT2D eigenvalue weighted by Crippen LogP contribution is 2.70. The zero-order chi connectivity index (χ0) is 75.8. The molecule has 0 radical (unpaired) electrons. The van der Waals surface area contributed by atoms with Crippen LogP contribution in [0.1, 0.15) is 86.0 Å². The molecule has 15 aromatic rings. The van der Waals surface area contributed by atoms with Crippen molar-refractivity contribution in [2.45, 2.75) is 67.0 Å². The fourth-order valence-corrected chi connectivity index (χ4v) is 22.9. The van der Waals surface area contributed by atoms with E-state index in [0.29, 0.717) is 39.1 Å². The Hall–Kier alpha value is -10.00. The molecule has 2 aromatic heterocycles. The van der Waals surface area contributed by atoms with Gasteiger partial charge in [0.1, 0.15) is 0 Å². The van der Waals surface area contributed by atoms with Crippen molar-refractivity contribution in [2.75, 3.05) is 9.80 Å². The Bertz CT molecular complexity index is 6100. The lowest BCUT2D eigenvalue weighted by Crippen LogP contribution is -2.61. The van der Waals surface area contributed by atoms with Crippen LogP contribution >= 0.6 is 47.0 Å². The topological polar surface area (TPSA) is 16.3 Å². The van der Waals surface area contributed by atoms with Crippen LogP contribution in [0.3, 0.4) is 0 Å². The predicted molar refractivity (Wildman–Crippen MR) is 422 cm³/mol. The van der Waals surface area contributed by atoms with Crippen molar-refractivity contribution in [2.24, 2.45) is 0 Å². The van der Waals surface area contributed by atoms with Crippen LogP contribution in [-0.2, 0) is 5.41 Å². The Kier molecular flexibility index (Phi) is 10.6. The molecule has 4 nitrogen and oxygen atoms in total. The van der Waals surface area contributed by atoms with Crippen molar-refractivity contribution in [1.29, 1.82) is 0 Å². The average molecular weight is 1350 g/mol. The summed E-state index contributed by atoms with van der Waals surface area (Å²) in [6.07, 6.45) is 0. The maximum atomic E-state index is 11.8. The summed E-state index contributed by atoms with van der Waals surface area (Å²) in [7, 11) is 0. The fourth-order valence-electron chi connectivity index (χ4n) is 16.1. The minimum Gasteiger partial charge on any atom is -0.310 e. The molecular formula is C90H63BN4S4. The molecule has 6 aliphatic rings. The second kappa shape index (κ2) is 22.3. The molecule has 21 rings (SSSR count). The molecule has 9 heteroatoms. The second-order valence-corrected chi connectivity index (χ2v) is 31.7. The van der Waals surface area contributed by atoms with E-state index in [2.05, 4.69) is 93.6 Å². The third kappa shape index (κ3) is 8.67. The van der Waals surface area contributed by atoms with Gasteiger partial charge in [-0.25, -0.2) is 0 Å². The van der Waals surface area contributed by atoms with Crippen molar-refractivity contribution >= 4 is 126 Å². The van der Waals surface area contributed by atoms with E-state index in [0.717, 1.165) is 48.5 Å². The summed E-state index contributed by atoms with van der Waals surface area (Å²) in [5, 5.41) is 3.47. The minimum atomic E-state index is -1.36. The van der Waals surface area contributed by atoms with E-state index >= 15 is 0 Å². The number of fused-ring (bicyclic) bond motifs is 18. The molecule has 0 saturated heterocycles. The van der Waals surface area contributed by atoms with Gasteiger partial charge in [0, 0.05) is 88.1 Å². The summed E-state index contributed by atoms with van der Waals surface area (Å²) < 4.78 is 134. The molecule has 470 valence electrons. The van der Waals surface area contributed by atoms with E-state index < -0.39 is 12.1 Å². The summed E-state index contributed by atoms with van der Waals surface area (Å²) in [6.45, 7) is 4.93. The lowest BCUT2D eigenvalue weighted by molar-refractivity contribution is 0.590. The average Bonchev–Trinajstić information content (AvgIpc) is 0.847. The first-order valence-corrected chi connectivity index (χ1v) is 37.0. The van der Waals surface area contributed by atoms with Gasteiger partial charge in [0.2, 0.25) is 0 Å². The molecule has 6 aliphatic heterocycles. The van der Waals surface area contributed by atoms with Crippen molar-refractivity contribution < 1.29 is 16.4 Å². The number of thioether (sulfide) groups is 4. The van der Waals surface area contributed by atoms with Crippen LogP contribution in [0.4, 0.5) is 34.1 Å². The molecule has 0 N–H and O–H groups in total. The van der Waals surface area contributed by atoms with Gasteiger partial charge < -0.3 is 18.9 Å². The SMILES string of the molecule is [2H]c1c([2H])c(-c2ccccc2)c(N2c3cc(C(C)(C)C)cc4c3B(c3c([2H])c([2H])c(-n5c6c(c7ccccc75)C5Sc7ccccc7C5S6)c([2H])c32)c2c([2H])c([2H])c(-n3c5c(c6ccccc63)C3Sc6ccccc6C3S5)c([2H])c2N4c2c(-c3ccccc3)c([2H])c([2H])c([2H])c2-c2ccccc2)c(-c2ccccc2)c1[2H]. The number of hydrogen-bond donors (Lipinski definition) is 0. The molecule has 4 atom stereocenters. The smallest absolute Gasteiger partial charge is 0.252 e. The second-order valence-electron chi connectivity index (χ2n) is 27.0. The molecular weight excluding hydrogens is 1280 g/mol. The Morgan fingerprint density at radius 2 is 0.737 bits per heavy atom. The van der Waals surface area contributed by atoms with Crippen molar-refractivity contribution in [3.63, 3.8) is 0 Å². The third-order valence-corrected chi connectivity index (χ3v) is 26.5. The van der Waals surface area contributed by atoms with Crippen molar-refractivity contribution in [1.82, 2.24) is 9.13 Å². The molecule has 0 bridgehead atoms. The van der Waals surface area contributed by atoms with Crippen LogP contribution in [0.2, 0.25) is 0 Å². The van der Waals surface area contributed by atoms with Gasteiger partial charge in [0.25, 0.3) is 6.71 Å². The van der Waals surface area contributed by atoms with Gasteiger partial charge in [-0.1, -0.05) is 287 Å². The van der Waals surface area contributed by atoms with Crippen molar-refractivity contribution in [3.8, 4) is 55.9 Å². The van der Waals surface area contributed by atoms with E-state index in [4.69, 9.17) is 0 Å². The summed E-state index contributed by atoms with van der Waals surface area (Å²) >= 11 is 7.00. The first kappa shape index (κ1) is 47.1. The number of hydrogen-bond acceptors (Lipinski definition) is 6. The van der Waals surface area contributed by atoms with Gasteiger partial charge in [-0.05, 0) is 121 Å². The lowest BCUT2D eigenvalue weighted by Gasteiger charge is -2.46. The van der Waals surface area contributed by atoms with E-state index in [1.165, 1.54) is 20.9 Å². The molecule has 0 amide bonds. The molecule has 0 spiro atoms. The fraction of sp³-hybridized carbons (Fsp3) is 0.0889. The number of para-hydroxylation sites is 4. The zero-order valence-corrected chi connectivity index (χ0v) is 57.0. The summed E-state index contributed by atoms with van der Waals surface area (Å²) in [4.78, 5) is 6.22. The van der Waals surface area contributed by atoms with Gasteiger partial charge in [-0.15, -0.1) is 23.5 Å². The largest absolute Gasteiger partial charge is 0.310 e. The van der Waals surface area contributed by atoms with Gasteiger partial charge in [0.05, 0.1) is 69.9 Å². The Balaban J connectivity index is 0.966. The maximum absolute atomic E-state index is 11.8. The summed E-state index contributed by atoms with van der Waals surface area (Å²) in [6, 6.07) is 71.4. The Morgan fingerprint density at radius 3 is 1.13 bits per heavy atom. The third-order valence-electron chi connectivity index (χ3n) is 20.5. The van der Waals surface area contributed by atoms with Gasteiger partial charge in [-0.2, -0.15) is 0 Å². The number of aromatic nitrogens is 2. The number of rotatable bonds is 8. The van der Waals surface area contributed by atoms with E-state index in [-0.39, 0.29) is 161 Å². The monoisotopic (exact) mass is 1350 g/mol. The van der Waals surface area contributed by atoms with E-state index in [1.807, 2.05) is 200 Å². The zero-order valence-electron chi connectivity index (χ0n) is 65.7. The summed E-state index contributed by atoms with van der Waals surface area (Å²) in [5.74, 6) is 0. The van der Waals surface area contributed by atoms with Crippen LogP contribution in [0.15, 0.2) is 323 Å². The van der Waals surface area contributed by atoms with Crippen LogP contribution in [-0.4, -0.2) is 15.8 Å². The van der Waals surface area contributed by atoms with Crippen molar-refractivity contribution in [3.05, 3.63) is 331 Å². The normalized spacial score (nSPS) is 18.9. The molecule has 99 heavy (non-hydrogen) atoms. The van der Waals surface area contributed by atoms with Gasteiger partial charge in [0.15, 0.2) is 0 Å². The highest BCUT2D eigenvalue weighted by Gasteiger charge is 2.50. The highest BCUT2D eigenvalue weighted by atomic mass is 32.2. The molecule has 0 saturated carbocycles. The standard InChI is InChI=1S/C90H63BN4S4/c1-90(2,3)58-50-75-81-76(51-58)95(83-63(56-30-12-6-13-31-56)40-25-41-64(83)57-32-14-7-15-33-57)74-53-60(93-72-43-21-17-35-66(72)80-87-85(99-89(80)93)68-37-19-23-45-78(68)97-87)47-49-70(74)91(81)69-48-46-59(92-71-42-20-16-34-65(71)79-86-84(98-88(79)92)67-36-18-22-44-77(67)96-86)52-73(69)94(75)82-61(54-26-8-4-9-27-54)38-24-39-62(82)55-28-10-5-11-29-55/h4-53,84-87H,1-3H3/i24D,25D,38D,39D,40D,41D,46D,47D,48D,49D,52D,53D. The summed E-state index contributed by atoms with van der Waals surface area (Å²) in [5.41, 5.74) is 11.4. The molecule has 0 aliphatic carbocycles. The number of anilines is 6. The maximum Gasteiger partial charge on any atom is 0.252 e. The van der Waals surface area contributed by atoms with Crippen LogP contribution in [0.5, 0.6) is 0 Å². The Morgan fingerprint density at radius 1 is 0.374 bits per heavy atom. The van der Waals surface area contributed by atoms with Gasteiger partial charge in [-0.3, -0.25) is 0 Å². The minimum absolute atomic E-state index is 0.0173. The van der Waals surface area contributed by atoms with Crippen LogP contribution in [0, 0.1) is 0 Å². The first-order chi connectivity index (χ1) is 53.8. The number of benzene rings is 13. The number of nitrogens with zero attached hydrogens (tertiary/aromatic N) is 4. The molecule has 0 fully saturated rings. The first-order valence-electron chi connectivity index (χ1n) is 39.5. The quantitative estimate of drug-likeness (QED) is 0.140. The Labute approximate surface area is 611 Å². The molecule has 8 heterocycles. The van der Waals surface area contributed by atoms with Gasteiger partial charge >= 0.3 is 0 Å². The molecule has 13 aromatic carbocycles. The van der Waals surface area contributed by atoms with Crippen LogP contribution in [0.25, 0.3) is 77.7 Å². The highest BCUT2D eigenvalue weighted by molar-refractivity contribution is 8.05. The lowest BCUT2D eigenvalue weighted by atomic mass is 9.33. The molecule has 4 unspecified atom stereocenters. The van der Waals surface area contributed by atoms with E-state index in [1.54, 1.807) is 23.5 Å². The van der Waals surface area contributed by atoms with E-state index in [9.17, 15) is 16.4 Å². The van der Waals surface area contributed by atoms with Crippen LogP contribution < -0.4 is 26.2 Å². The predicted octanol–water partition coefficient (Wildman–Crippen LogP) is 23.6.